The van der Waals surface area contributed by atoms with Gasteiger partial charge < -0.3 is 11.1 Å². The van der Waals surface area contributed by atoms with Crippen molar-refractivity contribution in [1.29, 1.82) is 0 Å². The Labute approximate surface area is 125 Å². The number of hydrogen-bond donors (Lipinski definition) is 2. The third-order valence-electron chi connectivity index (χ3n) is 4.12. The molecule has 1 aromatic rings. The zero-order valence-corrected chi connectivity index (χ0v) is 12.7. The third kappa shape index (κ3) is 3.97. The zero-order chi connectivity index (χ0) is 14.5. The molecule has 0 heterocycles. The maximum Gasteiger partial charge on any atom is 0.223 e. The van der Waals surface area contributed by atoms with Crippen molar-refractivity contribution in [3.63, 3.8) is 0 Å². The molecule has 1 aromatic carbocycles. The molecule has 0 aromatic heterocycles. The quantitative estimate of drug-likeness (QED) is 0.894. The number of halogens is 1. The number of carbonyl (C=O) groups excluding carboxylic acids is 1. The molecule has 0 spiro atoms. The van der Waals surface area contributed by atoms with Crippen LogP contribution in [0, 0.1) is 5.92 Å². The Hall–Kier alpha value is -1.06. The number of amides is 1. The molecule has 0 saturated heterocycles. The van der Waals surface area contributed by atoms with Gasteiger partial charge in [-0.05, 0) is 49.8 Å². The molecule has 0 radical (unpaired) electrons. The number of hydrogen-bond acceptors (Lipinski definition) is 2. The molecular weight excluding hydrogens is 272 g/mol. The number of nitrogens with one attached hydrogen (secondary N) is 1. The van der Waals surface area contributed by atoms with Crippen molar-refractivity contribution >= 4 is 17.5 Å². The molecule has 20 heavy (non-hydrogen) atoms. The van der Waals surface area contributed by atoms with Crippen LogP contribution < -0.4 is 11.1 Å². The Balaban J connectivity index is 1.97. The summed E-state index contributed by atoms with van der Waals surface area (Å²) in [6, 6.07) is 8.02. The van der Waals surface area contributed by atoms with Crippen LogP contribution in [-0.4, -0.2) is 11.9 Å². The second-order valence-corrected chi connectivity index (χ2v) is 6.07. The molecule has 4 heteroatoms. The number of carbonyl (C=O) groups is 1. The van der Waals surface area contributed by atoms with Gasteiger partial charge in [-0.1, -0.05) is 30.7 Å². The van der Waals surface area contributed by atoms with Gasteiger partial charge in [-0.2, -0.15) is 0 Å². The van der Waals surface area contributed by atoms with E-state index in [0.29, 0.717) is 5.02 Å². The van der Waals surface area contributed by atoms with Gasteiger partial charge >= 0.3 is 0 Å². The maximum absolute atomic E-state index is 12.3. The lowest BCUT2D eigenvalue weighted by molar-refractivity contribution is -0.126. The van der Waals surface area contributed by atoms with Gasteiger partial charge in [0.2, 0.25) is 5.91 Å². The average Bonchev–Trinajstić information content (AvgIpc) is 2.45. The van der Waals surface area contributed by atoms with Crippen molar-refractivity contribution in [2.75, 3.05) is 0 Å². The molecule has 0 bridgehead atoms. The lowest BCUT2D eigenvalue weighted by Crippen LogP contribution is -2.37. The van der Waals surface area contributed by atoms with E-state index < -0.39 is 0 Å². The molecule has 110 valence electrons. The van der Waals surface area contributed by atoms with E-state index in [4.69, 9.17) is 17.3 Å². The van der Waals surface area contributed by atoms with E-state index in [1.807, 2.05) is 24.3 Å². The predicted molar refractivity (Wildman–Crippen MR) is 82.6 cm³/mol. The van der Waals surface area contributed by atoms with Crippen molar-refractivity contribution in [3.05, 3.63) is 34.9 Å². The van der Waals surface area contributed by atoms with Crippen LogP contribution in [0.15, 0.2) is 24.3 Å². The number of rotatable bonds is 4. The summed E-state index contributed by atoms with van der Waals surface area (Å²) in [5, 5.41) is 3.86. The highest BCUT2D eigenvalue weighted by molar-refractivity contribution is 6.30. The molecule has 3 nitrogen and oxygen atoms in total. The molecule has 1 saturated carbocycles. The molecule has 1 aliphatic carbocycles. The van der Waals surface area contributed by atoms with Crippen LogP contribution in [0.25, 0.3) is 0 Å². The highest BCUT2D eigenvalue weighted by Crippen LogP contribution is 2.26. The van der Waals surface area contributed by atoms with E-state index in [1.165, 1.54) is 0 Å². The van der Waals surface area contributed by atoms with E-state index in [0.717, 1.165) is 37.7 Å². The van der Waals surface area contributed by atoms with Crippen LogP contribution in [0.5, 0.6) is 0 Å². The van der Waals surface area contributed by atoms with Gasteiger partial charge in [0.25, 0.3) is 0 Å². The summed E-state index contributed by atoms with van der Waals surface area (Å²) in [6.07, 6.45) is 4.56. The molecule has 2 rings (SSSR count). The van der Waals surface area contributed by atoms with Gasteiger partial charge in [0.15, 0.2) is 0 Å². The minimum absolute atomic E-state index is 0.0387. The van der Waals surface area contributed by atoms with Crippen molar-refractivity contribution < 1.29 is 4.79 Å². The van der Waals surface area contributed by atoms with E-state index in [2.05, 4.69) is 12.2 Å². The number of nitrogens with two attached hydrogens (primary N) is 1. The summed E-state index contributed by atoms with van der Waals surface area (Å²) in [5.41, 5.74) is 6.96. The van der Waals surface area contributed by atoms with Crippen LogP contribution >= 0.6 is 11.6 Å². The lowest BCUT2D eigenvalue weighted by Gasteiger charge is -2.27. The van der Waals surface area contributed by atoms with Gasteiger partial charge in [-0.15, -0.1) is 0 Å². The van der Waals surface area contributed by atoms with Crippen LogP contribution in [0.1, 0.15) is 50.6 Å². The number of benzene rings is 1. The smallest absolute Gasteiger partial charge is 0.223 e. The molecular formula is C16H23ClN2O. The second kappa shape index (κ2) is 7.09. The van der Waals surface area contributed by atoms with Crippen molar-refractivity contribution in [2.45, 2.75) is 51.1 Å². The van der Waals surface area contributed by atoms with Crippen LogP contribution in [0.3, 0.4) is 0 Å². The third-order valence-corrected chi connectivity index (χ3v) is 4.35. The van der Waals surface area contributed by atoms with Gasteiger partial charge in [0, 0.05) is 17.0 Å². The fourth-order valence-electron chi connectivity index (χ4n) is 2.82. The SMILES string of the molecule is CCC(NC(=O)C1CCC(N)CC1)c1cccc(Cl)c1. The summed E-state index contributed by atoms with van der Waals surface area (Å²) in [5.74, 6) is 0.270. The topological polar surface area (TPSA) is 55.1 Å². The minimum atomic E-state index is 0.0387. The zero-order valence-electron chi connectivity index (χ0n) is 11.9. The Morgan fingerprint density at radius 3 is 2.70 bits per heavy atom. The van der Waals surface area contributed by atoms with Crippen molar-refractivity contribution in [1.82, 2.24) is 5.32 Å². The van der Waals surface area contributed by atoms with E-state index in [-0.39, 0.29) is 23.9 Å². The first-order valence-corrected chi connectivity index (χ1v) is 7.79. The molecule has 1 amide bonds. The Bertz CT molecular complexity index is 456. The van der Waals surface area contributed by atoms with E-state index in [9.17, 15) is 4.79 Å². The molecule has 1 aliphatic rings. The van der Waals surface area contributed by atoms with Crippen LogP contribution in [0.2, 0.25) is 5.02 Å². The van der Waals surface area contributed by atoms with E-state index >= 15 is 0 Å². The molecule has 1 fully saturated rings. The van der Waals surface area contributed by atoms with Gasteiger partial charge in [-0.3, -0.25) is 4.79 Å². The van der Waals surface area contributed by atoms with Gasteiger partial charge in [0.05, 0.1) is 6.04 Å². The maximum atomic E-state index is 12.3. The molecule has 1 atom stereocenters. The Kier molecular flexibility index (Phi) is 5.44. The van der Waals surface area contributed by atoms with Crippen molar-refractivity contribution in [2.24, 2.45) is 11.7 Å². The first-order valence-electron chi connectivity index (χ1n) is 7.41. The van der Waals surface area contributed by atoms with Gasteiger partial charge in [-0.25, -0.2) is 0 Å². The van der Waals surface area contributed by atoms with Crippen LogP contribution in [0.4, 0.5) is 0 Å². The molecule has 0 aliphatic heterocycles. The Morgan fingerprint density at radius 1 is 1.40 bits per heavy atom. The summed E-state index contributed by atoms with van der Waals surface area (Å²) in [4.78, 5) is 12.3. The average molecular weight is 295 g/mol. The predicted octanol–water partition coefficient (Wildman–Crippen LogP) is 3.42. The summed E-state index contributed by atoms with van der Waals surface area (Å²) >= 11 is 6.02. The second-order valence-electron chi connectivity index (χ2n) is 5.64. The monoisotopic (exact) mass is 294 g/mol. The lowest BCUT2D eigenvalue weighted by atomic mass is 9.85. The normalized spacial score (nSPS) is 24.1. The summed E-state index contributed by atoms with van der Waals surface area (Å²) in [7, 11) is 0. The largest absolute Gasteiger partial charge is 0.349 e. The standard InChI is InChI=1S/C16H23ClN2O/c1-2-15(12-4-3-5-13(17)10-12)19-16(20)11-6-8-14(18)9-7-11/h3-5,10-11,14-15H,2,6-9,18H2,1H3,(H,19,20). The fourth-order valence-corrected chi connectivity index (χ4v) is 3.01. The molecule has 3 N–H and O–H groups in total. The van der Waals surface area contributed by atoms with E-state index in [1.54, 1.807) is 0 Å². The van der Waals surface area contributed by atoms with Crippen molar-refractivity contribution in [3.8, 4) is 0 Å². The molecule has 1 unspecified atom stereocenters. The highest BCUT2D eigenvalue weighted by Gasteiger charge is 2.26. The fraction of sp³-hybridized carbons (Fsp3) is 0.562. The van der Waals surface area contributed by atoms with Crippen LogP contribution in [-0.2, 0) is 4.79 Å². The first kappa shape index (κ1) is 15.3. The first-order chi connectivity index (χ1) is 9.60. The minimum Gasteiger partial charge on any atom is -0.349 e. The summed E-state index contributed by atoms with van der Waals surface area (Å²) < 4.78 is 0. The highest BCUT2D eigenvalue weighted by atomic mass is 35.5. The Morgan fingerprint density at radius 2 is 2.10 bits per heavy atom. The van der Waals surface area contributed by atoms with Gasteiger partial charge in [0.1, 0.15) is 0 Å². The summed E-state index contributed by atoms with van der Waals surface area (Å²) in [6.45, 7) is 2.07.